The highest BCUT2D eigenvalue weighted by Gasteiger charge is 2.52. The van der Waals surface area contributed by atoms with Crippen LogP contribution in [0.2, 0.25) is 5.02 Å². The molecule has 0 atom stereocenters. The molecule has 0 amide bonds. The number of halogens is 1. The minimum absolute atomic E-state index is 0.273. The molecule has 1 aromatic rings. The Labute approximate surface area is 120 Å². The van der Waals surface area contributed by atoms with Crippen molar-refractivity contribution >= 4 is 24.3 Å². The minimum Gasteiger partial charge on any atom is -0.398 e. The van der Waals surface area contributed by atoms with E-state index in [2.05, 4.69) is 18.8 Å². The van der Waals surface area contributed by atoms with E-state index in [9.17, 15) is 0 Å². The summed E-state index contributed by atoms with van der Waals surface area (Å²) in [6, 6.07) is 3.74. The van der Waals surface area contributed by atoms with E-state index in [1.165, 1.54) is 0 Å². The first-order chi connectivity index (χ1) is 8.64. The van der Waals surface area contributed by atoms with Crippen LogP contribution >= 0.6 is 11.6 Å². The van der Waals surface area contributed by atoms with E-state index in [0.717, 1.165) is 11.3 Å². The smallest absolute Gasteiger partial charge is 0.398 e. The second kappa shape index (κ2) is 4.76. The largest absolute Gasteiger partial charge is 0.514 e. The van der Waals surface area contributed by atoms with Crippen molar-refractivity contribution in [1.82, 2.24) is 4.98 Å². The number of nitrogens with zero attached hydrogens (tertiary/aromatic N) is 1. The standard InChI is InChI=1S/C14H21BClNO2/c1-9(2)12-10(16)7-8-11(17-12)15-18-13(3,4)14(5,6)19-15/h7-9H,1-6H3. The summed E-state index contributed by atoms with van der Waals surface area (Å²) in [6.45, 7) is 12.3. The molecule has 1 saturated heterocycles. The molecular formula is C14H21BClNO2. The van der Waals surface area contributed by atoms with Gasteiger partial charge in [0, 0.05) is 0 Å². The van der Waals surface area contributed by atoms with Gasteiger partial charge in [0.1, 0.15) is 0 Å². The molecule has 1 aromatic heterocycles. The Morgan fingerprint density at radius 3 is 2.11 bits per heavy atom. The van der Waals surface area contributed by atoms with Crippen LogP contribution in [0.25, 0.3) is 0 Å². The maximum Gasteiger partial charge on any atom is 0.514 e. The molecular weight excluding hydrogens is 260 g/mol. The van der Waals surface area contributed by atoms with E-state index in [-0.39, 0.29) is 17.1 Å². The summed E-state index contributed by atoms with van der Waals surface area (Å²) in [6.07, 6.45) is 0. The summed E-state index contributed by atoms with van der Waals surface area (Å²) in [7, 11) is -0.431. The Kier molecular flexibility index (Phi) is 3.71. The third-order valence-electron chi connectivity index (χ3n) is 3.94. The average molecular weight is 282 g/mol. The fourth-order valence-corrected chi connectivity index (χ4v) is 2.30. The van der Waals surface area contributed by atoms with Gasteiger partial charge in [-0.2, -0.15) is 0 Å². The number of aromatic nitrogens is 1. The van der Waals surface area contributed by atoms with E-state index < -0.39 is 7.12 Å². The van der Waals surface area contributed by atoms with Gasteiger partial charge in [-0.05, 0) is 45.7 Å². The molecule has 1 fully saturated rings. The van der Waals surface area contributed by atoms with Crippen LogP contribution in [0.5, 0.6) is 0 Å². The van der Waals surface area contributed by atoms with E-state index in [1.54, 1.807) is 0 Å². The van der Waals surface area contributed by atoms with Crippen LogP contribution in [0.15, 0.2) is 12.1 Å². The van der Waals surface area contributed by atoms with Gasteiger partial charge in [0.2, 0.25) is 0 Å². The highest BCUT2D eigenvalue weighted by atomic mass is 35.5. The van der Waals surface area contributed by atoms with Crippen molar-refractivity contribution in [1.29, 1.82) is 0 Å². The SMILES string of the molecule is CC(C)c1nc(B2OC(C)(C)C(C)(C)O2)ccc1Cl. The monoisotopic (exact) mass is 281 g/mol. The third-order valence-corrected chi connectivity index (χ3v) is 4.26. The molecule has 1 aliphatic rings. The predicted molar refractivity (Wildman–Crippen MR) is 79.1 cm³/mol. The van der Waals surface area contributed by atoms with Gasteiger partial charge in [0.25, 0.3) is 0 Å². The third kappa shape index (κ3) is 2.67. The second-order valence-electron chi connectivity index (χ2n) is 6.35. The molecule has 2 rings (SSSR count). The van der Waals surface area contributed by atoms with Crippen LogP contribution in [0, 0.1) is 0 Å². The summed E-state index contributed by atoms with van der Waals surface area (Å²) in [5.41, 5.74) is 0.967. The Bertz CT molecular complexity index is 472. The lowest BCUT2D eigenvalue weighted by atomic mass is 9.84. The first kappa shape index (κ1) is 14.8. The highest BCUT2D eigenvalue weighted by Crippen LogP contribution is 2.36. The van der Waals surface area contributed by atoms with Gasteiger partial charge in [0.05, 0.1) is 27.5 Å². The van der Waals surface area contributed by atoms with Crippen molar-refractivity contribution in [3.05, 3.63) is 22.8 Å². The molecule has 0 aliphatic carbocycles. The zero-order valence-corrected chi connectivity index (χ0v) is 13.2. The van der Waals surface area contributed by atoms with Crippen molar-refractivity contribution in [2.45, 2.75) is 58.7 Å². The summed E-state index contributed by atoms with van der Waals surface area (Å²) in [5, 5.41) is 0.690. The van der Waals surface area contributed by atoms with Crippen LogP contribution in [-0.2, 0) is 9.31 Å². The van der Waals surface area contributed by atoms with Crippen molar-refractivity contribution in [2.24, 2.45) is 0 Å². The van der Waals surface area contributed by atoms with Crippen molar-refractivity contribution in [3.63, 3.8) is 0 Å². The molecule has 0 spiro atoms. The summed E-state index contributed by atoms with van der Waals surface area (Å²) in [5.74, 6) is 0.273. The zero-order chi connectivity index (χ0) is 14.4. The fraction of sp³-hybridized carbons (Fsp3) is 0.643. The molecule has 0 radical (unpaired) electrons. The van der Waals surface area contributed by atoms with Crippen LogP contribution in [0.3, 0.4) is 0 Å². The Morgan fingerprint density at radius 1 is 1.11 bits per heavy atom. The first-order valence-electron chi connectivity index (χ1n) is 6.66. The van der Waals surface area contributed by atoms with Crippen LogP contribution in [0.1, 0.15) is 53.2 Å². The molecule has 5 heteroatoms. The van der Waals surface area contributed by atoms with Gasteiger partial charge in [-0.25, -0.2) is 0 Å². The second-order valence-corrected chi connectivity index (χ2v) is 6.75. The molecule has 1 aliphatic heterocycles. The molecule has 0 unspecified atom stereocenters. The average Bonchev–Trinajstić information content (AvgIpc) is 2.48. The van der Waals surface area contributed by atoms with Crippen molar-refractivity contribution in [3.8, 4) is 0 Å². The summed E-state index contributed by atoms with van der Waals surface area (Å²) >= 11 is 6.17. The topological polar surface area (TPSA) is 31.4 Å². The van der Waals surface area contributed by atoms with Crippen molar-refractivity contribution in [2.75, 3.05) is 0 Å². The molecule has 104 valence electrons. The lowest BCUT2D eigenvalue weighted by molar-refractivity contribution is 0.00578. The lowest BCUT2D eigenvalue weighted by Gasteiger charge is -2.32. The van der Waals surface area contributed by atoms with Crippen LogP contribution < -0.4 is 5.59 Å². The molecule has 19 heavy (non-hydrogen) atoms. The van der Waals surface area contributed by atoms with Gasteiger partial charge < -0.3 is 9.31 Å². The van der Waals surface area contributed by atoms with Gasteiger partial charge in [-0.3, -0.25) is 4.98 Å². The number of hydrogen-bond acceptors (Lipinski definition) is 3. The highest BCUT2D eigenvalue weighted by molar-refractivity contribution is 6.61. The van der Waals surface area contributed by atoms with E-state index in [1.807, 2.05) is 39.8 Å². The van der Waals surface area contributed by atoms with Crippen LogP contribution in [-0.4, -0.2) is 23.3 Å². The zero-order valence-electron chi connectivity index (χ0n) is 12.5. The normalized spacial score (nSPS) is 21.2. The van der Waals surface area contributed by atoms with Gasteiger partial charge in [-0.1, -0.05) is 25.4 Å². The number of hydrogen-bond donors (Lipinski definition) is 0. The van der Waals surface area contributed by atoms with Gasteiger partial charge in [-0.15, -0.1) is 0 Å². The number of pyridine rings is 1. The maximum atomic E-state index is 6.17. The Morgan fingerprint density at radius 2 is 1.63 bits per heavy atom. The van der Waals surface area contributed by atoms with E-state index in [0.29, 0.717) is 5.02 Å². The summed E-state index contributed by atoms with van der Waals surface area (Å²) in [4.78, 5) is 4.60. The maximum absolute atomic E-state index is 6.17. The molecule has 3 nitrogen and oxygen atoms in total. The Balaban J connectivity index is 2.32. The predicted octanol–water partition coefficient (Wildman–Crippen LogP) is 3.16. The Hall–Kier alpha value is -0.575. The molecule has 0 bridgehead atoms. The first-order valence-corrected chi connectivity index (χ1v) is 7.04. The van der Waals surface area contributed by atoms with E-state index in [4.69, 9.17) is 20.9 Å². The number of rotatable bonds is 2. The fourth-order valence-electron chi connectivity index (χ4n) is 1.97. The molecule has 0 aromatic carbocycles. The van der Waals surface area contributed by atoms with Crippen molar-refractivity contribution < 1.29 is 9.31 Å². The lowest BCUT2D eigenvalue weighted by Crippen LogP contribution is -2.41. The van der Waals surface area contributed by atoms with E-state index >= 15 is 0 Å². The molecule has 2 heterocycles. The van der Waals surface area contributed by atoms with Gasteiger partial charge >= 0.3 is 7.12 Å². The van der Waals surface area contributed by atoms with Gasteiger partial charge in [0.15, 0.2) is 0 Å². The minimum atomic E-state index is -0.431. The quantitative estimate of drug-likeness (QED) is 0.780. The molecule has 0 N–H and O–H groups in total. The molecule has 0 saturated carbocycles. The summed E-state index contributed by atoms with van der Waals surface area (Å²) < 4.78 is 12.0. The van der Waals surface area contributed by atoms with Crippen LogP contribution in [0.4, 0.5) is 0 Å².